The van der Waals surface area contributed by atoms with Crippen LogP contribution in [0.25, 0.3) is 0 Å². The summed E-state index contributed by atoms with van der Waals surface area (Å²) >= 11 is 6.11. The highest BCUT2D eigenvalue weighted by atomic mass is 35.5. The SMILES string of the molecule is CN(Cc1ccccc1Cl)C(=O)CCC1CCNC1.Cl. The standard InChI is InChI=1S/C15H21ClN2O.ClH/c1-18(11-13-4-2-3-5-14(13)16)15(19)7-6-12-8-9-17-10-12;/h2-5,12,17H,6-11H2,1H3;1H. The number of nitrogens with one attached hydrogen (secondary N) is 1. The summed E-state index contributed by atoms with van der Waals surface area (Å²) in [6.45, 7) is 2.73. The van der Waals surface area contributed by atoms with Crippen LogP contribution in [0.1, 0.15) is 24.8 Å². The van der Waals surface area contributed by atoms with Gasteiger partial charge in [-0.3, -0.25) is 4.79 Å². The number of benzene rings is 1. The molecule has 5 heteroatoms. The molecule has 0 bridgehead atoms. The zero-order valence-electron chi connectivity index (χ0n) is 11.8. The van der Waals surface area contributed by atoms with Crippen molar-refractivity contribution >= 4 is 29.9 Å². The van der Waals surface area contributed by atoms with Crippen molar-refractivity contribution in [2.75, 3.05) is 20.1 Å². The third-order valence-corrected chi connectivity index (χ3v) is 4.09. The van der Waals surface area contributed by atoms with Crippen LogP contribution in [0.4, 0.5) is 0 Å². The Labute approximate surface area is 132 Å². The number of hydrogen-bond donors (Lipinski definition) is 1. The molecule has 2 rings (SSSR count). The van der Waals surface area contributed by atoms with Crippen molar-refractivity contribution in [2.45, 2.75) is 25.8 Å². The van der Waals surface area contributed by atoms with Crippen LogP contribution >= 0.6 is 24.0 Å². The minimum atomic E-state index is 0. The third kappa shape index (κ3) is 4.97. The van der Waals surface area contributed by atoms with Crippen molar-refractivity contribution < 1.29 is 4.79 Å². The minimum Gasteiger partial charge on any atom is -0.341 e. The van der Waals surface area contributed by atoms with E-state index < -0.39 is 0 Å². The lowest BCUT2D eigenvalue weighted by Gasteiger charge is -2.19. The predicted molar refractivity (Wildman–Crippen MR) is 85.4 cm³/mol. The fourth-order valence-electron chi connectivity index (χ4n) is 2.45. The molecule has 1 aromatic carbocycles. The second-order valence-electron chi connectivity index (χ2n) is 5.24. The van der Waals surface area contributed by atoms with E-state index in [0.717, 1.165) is 30.1 Å². The van der Waals surface area contributed by atoms with Gasteiger partial charge < -0.3 is 10.2 Å². The summed E-state index contributed by atoms with van der Waals surface area (Å²) in [5, 5.41) is 4.05. The summed E-state index contributed by atoms with van der Waals surface area (Å²) in [5.41, 5.74) is 1.00. The molecule has 1 fully saturated rings. The van der Waals surface area contributed by atoms with Gasteiger partial charge in [0.15, 0.2) is 0 Å². The Morgan fingerprint density at radius 1 is 1.45 bits per heavy atom. The second-order valence-corrected chi connectivity index (χ2v) is 5.65. The zero-order chi connectivity index (χ0) is 13.7. The largest absolute Gasteiger partial charge is 0.341 e. The molecule has 112 valence electrons. The first-order chi connectivity index (χ1) is 9.16. The topological polar surface area (TPSA) is 32.3 Å². The Morgan fingerprint density at radius 3 is 2.85 bits per heavy atom. The van der Waals surface area contributed by atoms with Gasteiger partial charge in [-0.25, -0.2) is 0 Å². The van der Waals surface area contributed by atoms with Crippen LogP contribution in [0.5, 0.6) is 0 Å². The zero-order valence-corrected chi connectivity index (χ0v) is 13.3. The quantitative estimate of drug-likeness (QED) is 0.905. The Bertz CT molecular complexity index is 434. The van der Waals surface area contributed by atoms with Crippen LogP contribution in [0.2, 0.25) is 5.02 Å². The van der Waals surface area contributed by atoms with Gasteiger partial charge in [0.1, 0.15) is 0 Å². The van der Waals surface area contributed by atoms with Crippen molar-refractivity contribution in [3.05, 3.63) is 34.9 Å². The maximum absolute atomic E-state index is 12.1. The van der Waals surface area contributed by atoms with Crippen molar-refractivity contribution in [1.29, 1.82) is 0 Å². The predicted octanol–water partition coefficient (Wildman–Crippen LogP) is 3.11. The molecule has 1 aromatic rings. The first kappa shape index (κ1) is 17.3. The highest BCUT2D eigenvalue weighted by Gasteiger charge is 2.17. The fourth-order valence-corrected chi connectivity index (χ4v) is 2.65. The molecule has 3 nitrogen and oxygen atoms in total. The number of rotatable bonds is 5. The number of carbonyl (C=O) groups is 1. The molecular weight excluding hydrogens is 295 g/mol. The summed E-state index contributed by atoms with van der Waals surface area (Å²) in [5.74, 6) is 0.865. The molecule has 1 aliphatic heterocycles. The average molecular weight is 317 g/mol. The monoisotopic (exact) mass is 316 g/mol. The highest BCUT2D eigenvalue weighted by Crippen LogP contribution is 2.18. The maximum atomic E-state index is 12.1. The maximum Gasteiger partial charge on any atom is 0.222 e. The highest BCUT2D eigenvalue weighted by molar-refractivity contribution is 6.31. The van der Waals surface area contributed by atoms with E-state index in [-0.39, 0.29) is 18.3 Å². The van der Waals surface area contributed by atoms with E-state index in [9.17, 15) is 4.79 Å². The lowest BCUT2D eigenvalue weighted by atomic mass is 10.0. The minimum absolute atomic E-state index is 0. The van der Waals surface area contributed by atoms with Crippen LogP contribution in [0.15, 0.2) is 24.3 Å². The van der Waals surface area contributed by atoms with Gasteiger partial charge in [0.25, 0.3) is 0 Å². The molecule has 0 spiro atoms. The van der Waals surface area contributed by atoms with Gasteiger partial charge >= 0.3 is 0 Å². The molecule has 0 aromatic heterocycles. The van der Waals surface area contributed by atoms with Gasteiger partial charge in [-0.05, 0) is 43.5 Å². The smallest absolute Gasteiger partial charge is 0.222 e. The molecule has 0 radical (unpaired) electrons. The summed E-state index contributed by atoms with van der Waals surface area (Å²) < 4.78 is 0. The molecule has 1 heterocycles. The number of hydrogen-bond acceptors (Lipinski definition) is 2. The van der Waals surface area contributed by atoms with E-state index in [1.807, 2.05) is 31.3 Å². The number of carbonyl (C=O) groups excluding carboxylic acids is 1. The molecule has 0 saturated carbocycles. The molecule has 1 atom stereocenters. The van der Waals surface area contributed by atoms with Crippen LogP contribution < -0.4 is 5.32 Å². The molecule has 1 aliphatic rings. The fraction of sp³-hybridized carbons (Fsp3) is 0.533. The van der Waals surface area contributed by atoms with Crippen LogP contribution in [-0.2, 0) is 11.3 Å². The van der Waals surface area contributed by atoms with Crippen molar-refractivity contribution in [3.8, 4) is 0 Å². The van der Waals surface area contributed by atoms with E-state index in [1.165, 1.54) is 6.42 Å². The lowest BCUT2D eigenvalue weighted by Crippen LogP contribution is -2.26. The van der Waals surface area contributed by atoms with Crippen LogP contribution in [-0.4, -0.2) is 30.9 Å². The normalized spacial score (nSPS) is 17.6. The third-order valence-electron chi connectivity index (χ3n) is 3.72. The average Bonchev–Trinajstić information content (AvgIpc) is 2.91. The Hall–Kier alpha value is -0.770. The van der Waals surface area contributed by atoms with E-state index in [0.29, 0.717) is 18.9 Å². The summed E-state index contributed by atoms with van der Waals surface area (Å²) in [7, 11) is 1.85. The van der Waals surface area contributed by atoms with Gasteiger partial charge in [-0.1, -0.05) is 29.8 Å². The van der Waals surface area contributed by atoms with Gasteiger partial charge in [-0.15, -0.1) is 12.4 Å². The van der Waals surface area contributed by atoms with Gasteiger partial charge in [0.2, 0.25) is 5.91 Å². The van der Waals surface area contributed by atoms with Crippen molar-refractivity contribution in [2.24, 2.45) is 5.92 Å². The van der Waals surface area contributed by atoms with Crippen molar-refractivity contribution in [3.63, 3.8) is 0 Å². The molecular formula is C15H22Cl2N2O. The molecule has 20 heavy (non-hydrogen) atoms. The van der Waals surface area contributed by atoms with Gasteiger partial charge in [0, 0.05) is 25.0 Å². The van der Waals surface area contributed by atoms with Gasteiger partial charge in [0.05, 0.1) is 0 Å². The van der Waals surface area contributed by atoms with E-state index in [2.05, 4.69) is 5.32 Å². The Morgan fingerprint density at radius 2 is 2.20 bits per heavy atom. The Balaban J connectivity index is 0.00000200. The first-order valence-corrected chi connectivity index (χ1v) is 7.22. The molecule has 1 N–H and O–H groups in total. The summed E-state index contributed by atoms with van der Waals surface area (Å²) in [6.07, 6.45) is 2.81. The number of halogens is 2. The van der Waals surface area contributed by atoms with E-state index >= 15 is 0 Å². The van der Waals surface area contributed by atoms with Crippen LogP contribution in [0, 0.1) is 5.92 Å². The second kappa shape index (κ2) is 8.50. The van der Waals surface area contributed by atoms with E-state index in [4.69, 9.17) is 11.6 Å². The van der Waals surface area contributed by atoms with Crippen molar-refractivity contribution in [1.82, 2.24) is 10.2 Å². The molecule has 1 unspecified atom stereocenters. The summed E-state index contributed by atoms with van der Waals surface area (Å²) in [4.78, 5) is 13.8. The first-order valence-electron chi connectivity index (χ1n) is 6.85. The number of nitrogens with zero attached hydrogens (tertiary/aromatic N) is 1. The molecule has 1 saturated heterocycles. The molecule has 0 aliphatic carbocycles. The van der Waals surface area contributed by atoms with E-state index in [1.54, 1.807) is 4.90 Å². The number of amides is 1. The van der Waals surface area contributed by atoms with Crippen LogP contribution in [0.3, 0.4) is 0 Å². The summed E-state index contributed by atoms with van der Waals surface area (Å²) in [6, 6.07) is 7.68. The molecule has 1 amide bonds. The Kier molecular flexibility index (Phi) is 7.35. The van der Waals surface area contributed by atoms with Gasteiger partial charge in [-0.2, -0.15) is 0 Å². The lowest BCUT2D eigenvalue weighted by molar-refractivity contribution is -0.130.